The molecule has 8 heteroatoms. The zero-order valence-electron chi connectivity index (χ0n) is 16.1. The van der Waals surface area contributed by atoms with Crippen molar-refractivity contribution < 1.29 is 13.9 Å². The molecule has 0 spiro atoms. The first kappa shape index (κ1) is 19.7. The van der Waals surface area contributed by atoms with E-state index in [4.69, 9.17) is 9.15 Å². The van der Waals surface area contributed by atoms with E-state index >= 15 is 0 Å². The van der Waals surface area contributed by atoms with Crippen molar-refractivity contribution in [1.29, 1.82) is 0 Å². The Morgan fingerprint density at radius 3 is 2.52 bits per heavy atom. The van der Waals surface area contributed by atoms with Crippen LogP contribution >= 0.6 is 11.8 Å². The summed E-state index contributed by atoms with van der Waals surface area (Å²) < 4.78 is 11.2. The Kier molecular flexibility index (Phi) is 6.73. The van der Waals surface area contributed by atoms with Crippen LogP contribution in [0.2, 0.25) is 0 Å². The molecule has 2 aromatic rings. The minimum Gasteiger partial charge on any atom is -0.494 e. The molecule has 1 saturated heterocycles. The number of amides is 1. The highest BCUT2D eigenvalue weighted by Gasteiger charge is 2.26. The lowest BCUT2D eigenvalue weighted by atomic mass is 10.2. The topological polar surface area (TPSA) is 71.7 Å². The van der Waals surface area contributed by atoms with Crippen LogP contribution in [-0.4, -0.2) is 70.5 Å². The molecule has 1 amide bonds. The highest BCUT2D eigenvalue weighted by Crippen LogP contribution is 2.28. The number of carbonyl (C=O) groups excluding carboxylic acids is 1. The molecular weight excluding hydrogens is 364 g/mol. The van der Waals surface area contributed by atoms with Crippen LogP contribution in [0.5, 0.6) is 5.75 Å². The fourth-order valence-corrected chi connectivity index (χ4v) is 3.75. The molecule has 0 radical (unpaired) electrons. The van der Waals surface area contributed by atoms with E-state index in [0.717, 1.165) is 44.0 Å². The molecular formula is C19H26N4O3S. The number of ether oxygens (including phenoxy) is 1. The molecule has 3 rings (SSSR count). The summed E-state index contributed by atoms with van der Waals surface area (Å²) in [6, 6.07) is 7.51. The van der Waals surface area contributed by atoms with Crippen LogP contribution in [0.4, 0.5) is 0 Å². The third-order valence-corrected chi connectivity index (χ3v) is 5.50. The Hall–Kier alpha value is -2.06. The Balaban J connectivity index is 1.57. The maximum absolute atomic E-state index is 12.7. The first-order valence-electron chi connectivity index (χ1n) is 9.35. The Morgan fingerprint density at radius 2 is 1.89 bits per heavy atom. The number of likely N-dealkylation sites (N-methyl/N-ethyl adjacent to an activating group) is 1. The van der Waals surface area contributed by atoms with E-state index in [1.165, 1.54) is 11.8 Å². The van der Waals surface area contributed by atoms with E-state index < -0.39 is 0 Å². The van der Waals surface area contributed by atoms with E-state index in [2.05, 4.69) is 22.0 Å². The van der Waals surface area contributed by atoms with Gasteiger partial charge in [0.05, 0.1) is 11.9 Å². The van der Waals surface area contributed by atoms with Crippen molar-refractivity contribution in [2.45, 2.75) is 31.2 Å². The summed E-state index contributed by atoms with van der Waals surface area (Å²) >= 11 is 1.31. The number of hydrogen-bond donors (Lipinski definition) is 0. The summed E-state index contributed by atoms with van der Waals surface area (Å²) in [5.41, 5.74) is 0.826. The van der Waals surface area contributed by atoms with Crippen molar-refractivity contribution >= 4 is 17.7 Å². The molecule has 0 N–H and O–H groups in total. The van der Waals surface area contributed by atoms with Gasteiger partial charge in [-0.05, 0) is 44.7 Å². The van der Waals surface area contributed by atoms with Crippen molar-refractivity contribution in [3.05, 3.63) is 24.3 Å². The number of thioether (sulfide) groups is 1. The fourth-order valence-electron chi connectivity index (χ4n) is 2.98. The summed E-state index contributed by atoms with van der Waals surface area (Å²) in [5.74, 6) is 1.37. The first-order valence-corrected chi connectivity index (χ1v) is 10.2. The van der Waals surface area contributed by atoms with Crippen molar-refractivity contribution in [3.8, 4) is 17.2 Å². The normalized spacial score (nSPS) is 16.3. The number of rotatable bonds is 7. The van der Waals surface area contributed by atoms with Crippen LogP contribution in [0.3, 0.4) is 0 Å². The third-order valence-electron chi connectivity index (χ3n) is 4.58. The lowest BCUT2D eigenvalue weighted by molar-refractivity contribution is -0.132. The van der Waals surface area contributed by atoms with Gasteiger partial charge in [-0.25, -0.2) is 0 Å². The zero-order chi connectivity index (χ0) is 19.2. The van der Waals surface area contributed by atoms with Crippen LogP contribution < -0.4 is 4.74 Å². The summed E-state index contributed by atoms with van der Waals surface area (Å²) in [6.45, 7) is 11.1. The van der Waals surface area contributed by atoms with Gasteiger partial charge in [0, 0.05) is 31.7 Å². The second-order valence-corrected chi connectivity index (χ2v) is 7.64. The molecule has 146 valence electrons. The van der Waals surface area contributed by atoms with E-state index in [1.54, 1.807) is 0 Å². The number of aromatic nitrogens is 2. The number of carbonyl (C=O) groups is 1. The van der Waals surface area contributed by atoms with E-state index in [0.29, 0.717) is 17.7 Å². The lowest BCUT2D eigenvalue weighted by Crippen LogP contribution is -2.50. The molecule has 0 aliphatic carbocycles. The van der Waals surface area contributed by atoms with Gasteiger partial charge in [0.1, 0.15) is 5.75 Å². The van der Waals surface area contributed by atoms with Gasteiger partial charge in [-0.1, -0.05) is 18.7 Å². The van der Waals surface area contributed by atoms with Gasteiger partial charge >= 0.3 is 0 Å². The quantitative estimate of drug-likeness (QED) is 0.673. The minimum atomic E-state index is -0.258. The van der Waals surface area contributed by atoms with Gasteiger partial charge in [-0.15, -0.1) is 10.2 Å². The van der Waals surface area contributed by atoms with Crippen LogP contribution in [0, 0.1) is 0 Å². The van der Waals surface area contributed by atoms with Crippen LogP contribution in [-0.2, 0) is 4.79 Å². The first-order chi connectivity index (χ1) is 13.1. The van der Waals surface area contributed by atoms with E-state index in [9.17, 15) is 4.79 Å². The molecule has 0 bridgehead atoms. The average Bonchev–Trinajstić information content (AvgIpc) is 3.16. The second-order valence-electron chi connectivity index (χ2n) is 6.35. The zero-order valence-corrected chi connectivity index (χ0v) is 16.9. The molecule has 7 nitrogen and oxygen atoms in total. The number of piperazine rings is 1. The van der Waals surface area contributed by atoms with Crippen molar-refractivity contribution in [3.63, 3.8) is 0 Å². The van der Waals surface area contributed by atoms with E-state index in [1.807, 2.05) is 43.0 Å². The molecule has 27 heavy (non-hydrogen) atoms. The summed E-state index contributed by atoms with van der Waals surface area (Å²) in [7, 11) is 0. The molecule has 0 unspecified atom stereocenters. The van der Waals surface area contributed by atoms with Crippen LogP contribution in [0.15, 0.2) is 33.9 Å². The SMILES string of the molecule is CCOc1ccc(-c2nnc(S[C@@H](C)C(=O)N3CCN(CC)CC3)o2)cc1. The highest BCUT2D eigenvalue weighted by molar-refractivity contribution is 8.00. The molecule has 1 aromatic heterocycles. The molecule has 2 heterocycles. The number of nitrogens with zero attached hydrogens (tertiary/aromatic N) is 4. The third kappa shape index (κ3) is 5.01. The van der Waals surface area contributed by atoms with Crippen molar-refractivity contribution in [1.82, 2.24) is 20.0 Å². The monoisotopic (exact) mass is 390 g/mol. The van der Waals surface area contributed by atoms with Crippen molar-refractivity contribution in [2.24, 2.45) is 0 Å². The van der Waals surface area contributed by atoms with Crippen LogP contribution in [0.25, 0.3) is 11.5 Å². The Morgan fingerprint density at radius 1 is 1.19 bits per heavy atom. The molecule has 1 fully saturated rings. The molecule has 1 aliphatic rings. The average molecular weight is 391 g/mol. The lowest BCUT2D eigenvalue weighted by Gasteiger charge is -2.35. The van der Waals surface area contributed by atoms with E-state index in [-0.39, 0.29) is 11.2 Å². The Labute approximate surface area is 164 Å². The van der Waals surface area contributed by atoms with Gasteiger partial charge in [0.2, 0.25) is 11.8 Å². The van der Waals surface area contributed by atoms with Gasteiger partial charge in [0.25, 0.3) is 5.22 Å². The standard InChI is InChI=1S/C19H26N4O3S/c1-4-22-10-12-23(13-11-22)18(24)14(3)27-19-21-20-17(26-19)15-6-8-16(9-7-15)25-5-2/h6-9,14H,4-5,10-13H2,1-3H3/t14-/m0/s1. The summed E-state index contributed by atoms with van der Waals surface area (Å²) in [4.78, 5) is 16.9. The Bertz CT molecular complexity index is 742. The maximum Gasteiger partial charge on any atom is 0.277 e. The van der Waals surface area contributed by atoms with Gasteiger partial charge in [-0.2, -0.15) is 0 Å². The minimum absolute atomic E-state index is 0.122. The maximum atomic E-state index is 12.7. The molecule has 0 saturated carbocycles. The predicted molar refractivity (Wildman–Crippen MR) is 105 cm³/mol. The summed E-state index contributed by atoms with van der Waals surface area (Å²) in [6.07, 6.45) is 0. The highest BCUT2D eigenvalue weighted by atomic mass is 32.2. The smallest absolute Gasteiger partial charge is 0.277 e. The number of benzene rings is 1. The molecule has 1 atom stereocenters. The second kappa shape index (κ2) is 9.23. The van der Waals surface area contributed by atoms with Gasteiger partial charge < -0.3 is 19.0 Å². The van der Waals surface area contributed by atoms with Gasteiger partial charge in [0.15, 0.2) is 0 Å². The predicted octanol–water partition coefficient (Wildman–Crippen LogP) is 2.78. The van der Waals surface area contributed by atoms with Crippen molar-refractivity contribution in [2.75, 3.05) is 39.3 Å². The van der Waals surface area contributed by atoms with Crippen LogP contribution in [0.1, 0.15) is 20.8 Å². The molecule has 1 aliphatic heterocycles. The number of hydrogen-bond acceptors (Lipinski definition) is 7. The van der Waals surface area contributed by atoms with Gasteiger partial charge in [-0.3, -0.25) is 4.79 Å². The fraction of sp³-hybridized carbons (Fsp3) is 0.526. The molecule has 1 aromatic carbocycles. The largest absolute Gasteiger partial charge is 0.494 e. The summed E-state index contributed by atoms with van der Waals surface area (Å²) in [5, 5.41) is 8.33.